The second-order valence-electron chi connectivity index (χ2n) is 4.49. The van der Waals surface area contributed by atoms with Gasteiger partial charge >= 0.3 is 0 Å². The largest absolute Gasteiger partial charge is 0.455 e. The van der Waals surface area contributed by atoms with Crippen molar-refractivity contribution >= 4 is 5.69 Å². The van der Waals surface area contributed by atoms with Gasteiger partial charge in [0.15, 0.2) is 5.75 Å². The first kappa shape index (κ1) is 12.4. The van der Waals surface area contributed by atoms with Gasteiger partial charge in [0, 0.05) is 6.07 Å². The van der Waals surface area contributed by atoms with Crippen LogP contribution in [-0.4, -0.2) is 0 Å². The summed E-state index contributed by atoms with van der Waals surface area (Å²) in [6.07, 6.45) is 0. The number of aryl methyl sites for hydroxylation is 2. The van der Waals surface area contributed by atoms with E-state index in [9.17, 15) is 4.39 Å². The Morgan fingerprint density at radius 1 is 1.00 bits per heavy atom. The summed E-state index contributed by atoms with van der Waals surface area (Å²) in [6, 6.07) is 8.18. The smallest absolute Gasteiger partial charge is 0.150 e. The Morgan fingerprint density at radius 3 is 2.39 bits per heavy atom. The molecular weight excluding hydrogens is 229 g/mol. The van der Waals surface area contributed by atoms with Crippen LogP contribution < -0.4 is 10.5 Å². The van der Waals surface area contributed by atoms with E-state index in [4.69, 9.17) is 10.5 Å². The Bertz CT molecular complexity index is 593. The number of hydrogen-bond acceptors (Lipinski definition) is 2. The molecule has 0 amide bonds. The number of hydrogen-bond donors (Lipinski definition) is 1. The number of anilines is 1. The minimum Gasteiger partial charge on any atom is -0.455 e. The van der Waals surface area contributed by atoms with Crippen LogP contribution in [0.1, 0.15) is 16.7 Å². The number of ether oxygens (including phenoxy) is 1. The highest BCUT2D eigenvalue weighted by atomic mass is 19.1. The highest BCUT2D eigenvalue weighted by Gasteiger charge is 2.08. The van der Waals surface area contributed by atoms with Crippen molar-refractivity contribution in [3.63, 3.8) is 0 Å². The first-order valence-corrected chi connectivity index (χ1v) is 5.78. The third kappa shape index (κ3) is 2.45. The Kier molecular flexibility index (Phi) is 3.24. The summed E-state index contributed by atoms with van der Waals surface area (Å²) in [5.41, 5.74) is 9.37. The second kappa shape index (κ2) is 4.69. The lowest BCUT2D eigenvalue weighted by Gasteiger charge is -2.13. The third-order valence-corrected chi connectivity index (χ3v) is 2.96. The minimum absolute atomic E-state index is 0.300. The maximum Gasteiger partial charge on any atom is 0.150 e. The van der Waals surface area contributed by atoms with Crippen LogP contribution in [-0.2, 0) is 0 Å². The summed E-state index contributed by atoms with van der Waals surface area (Å²) >= 11 is 0. The van der Waals surface area contributed by atoms with E-state index < -0.39 is 0 Å². The Balaban J connectivity index is 2.40. The van der Waals surface area contributed by atoms with Crippen LogP contribution >= 0.6 is 0 Å². The quantitative estimate of drug-likeness (QED) is 0.807. The van der Waals surface area contributed by atoms with Gasteiger partial charge in [-0.05, 0) is 55.7 Å². The van der Waals surface area contributed by atoms with Crippen molar-refractivity contribution in [2.45, 2.75) is 20.8 Å². The lowest BCUT2D eigenvalue weighted by Crippen LogP contribution is -1.96. The number of halogens is 1. The van der Waals surface area contributed by atoms with E-state index >= 15 is 0 Å². The third-order valence-electron chi connectivity index (χ3n) is 2.96. The van der Waals surface area contributed by atoms with E-state index in [1.54, 1.807) is 6.07 Å². The molecule has 18 heavy (non-hydrogen) atoms. The van der Waals surface area contributed by atoms with Gasteiger partial charge in [0.2, 0.25) is 0 Å². The van der Waals surface area contributed by atoms with Gasteiger partial charge in [0.25, 0.3) is 0 Å². The van der Waals surface area contributed by atoms with Gasteiger partial charge in [0.1, 0.15) is 11.6 Å². The van der Waals surface area contributed by atoms with Gasteiger partial charge in [-0.3, -0.25) is 0 Å². The predicted molar refractivity (Wildman–Crippen MR) is 71.5 cm³/mol. The maximum atomic E-state index is 13.0. The van der Waals surface area contributed by atoms with Crippen LogP contribution in [0.25, 0.3) is 0 Å². The molecule has 2 aromatic rings. The molecule has 2 N–H and O–H groups in total. The Hall–Kier alpha value is -2.03. The molecule has 0 unspecified atom stereocenters. The summed E-state index contributed by atoms with van der Waals surface area (Å²) in [4.78, 5) is 0. The normalized spacial score (nSPS) is 10.4. The number of rotatable bonds is 2. The molecule has 0 fully saturated rings. The van der Waals surface area contributed by atoms with Crippen LogP contribution in [0.15, 0.2) is 30.3 Å². The van der Waals surface area contributed by atoms with Crippen molar-refractivity contribution < 1.29 is 9.13 Å². The van der Waals surface area contributed by atoms with E-state index in [1.165, 1.54) is 12.1 Å². The highest BCUT2D eigenvalue weighted by Crippen LogP contribution is 2.31. The van der Waals surface area contributed by atoms with E-state index in [1.807, 2.05) is 26.8 Å². The zero-order valence-corrected chi connectivity index (χ0v) is 10.8. The van der Waals surface area contributed by atoms with Crippen LogP contribution in [0.3, 0.4) is 0 Å². The molecule has 2 rings (SSSR count). The van der Waals surface area contributed by atoms with Gasteiger partial charge in [-0.1, -0.05) is 6.07 Å². The molecule has 0 aliphatic rings. The molecule has 0 saturated carbocycles. The predicted octanol–water partition coefficient (Wildman–Crippen LogP) is 4.13. The average molecular weight is 245 g/mol. The van der Waals surface area contributed by atoms with Crippen molar-refractivity contribution in [2.24, 2.45) is 0 Å². The van der Waals surface area contributed by atoms with E-state index in [0.29, 0.717) is 11.4 Å². The molecular formula is C15H16FNO. The zero-order valence-electron chi connectivity index (χ0n) is 10.8. The first-order valence-electron chi connectivity index (χ1n) is 5.78. The van der Waals surface area contributed by atoms with E-state index in [0.717, 1.165) is 22.4 Å². The first-order chi connectivity index (χ1) is 8.47. The summed E-state index contributed by atoms with van der Waals surface area (Å²) in [6.45, 7) is 6.03. The minimum atomic E-state index is -0.364. The van der Waals surface area contributed by atoms with Crippen LogP contribution in [0, 0.1) is 26.6 Å². The van der Waals surface area contributed by atoms with Gasteiger partial charge in [-0.15, -0.1) is 0 Å². The summed E-state index contributed by atoms with van der Waals surface area (Å²) < 4.78 is 18.7. The molecule has 0 spiro atoms. The van der Waals surface area contributed by atoms with Crippen molar-refractivity contribution in [2.75, 3.05) is 5.73 Å². The molecule has 0 aliphatic heterocycles. The van der Waals surface area contributed by atoms with Crippen molar-refractivity contribution in [3.05, 3.63) is 52.8 Å². The van der Waals surface area contributed by atoms with Crippen molar-refractivity contribution in [1.29, 1.82) is 0 Å². The number of benzene rings is 2. The molecule has 0 aliphatic carbocycles. The highest BCUT2D eigenvalue weighted by molar-refractivity contribution is 5.55. The zero-order chi connectivity index (χ0) is 13.3. The molecule has 3 heteroatoms. The molecule has 2 nitrogen and oxygen atoms in total. The molecule has 0 bridgehead atoms. The monoisotopic (exact) mass is 245 g/mol. The Labute approximate surface area is 106 Å². The van der Waals surface area contributed by atoms with E-state index in [-0.39, 0.29) is 5.82 Å². The van der Waals surface area contributed by atoms with E-state index in [2.05, 4.69) is 6.07 Å². The van der Waals surface area contributed by atoms with Crippen molar-refractivity contribution in [3.8, 4) is 11.5 Å². The lowest BCUT2D eigenvalue weighted by molar-refractivity contribution is 0.478. The molecule has 94 valence electrons. The van der Waals surface area contributed by atoms with Crippen molar-refractivity contribution in [1.82, 2.24) is 0 Å². The fourth-order valence-corrected chi connectivity index (χ4v) is 1.84. The maximum absolute atomic E-state index is 13.0. The number of nitrogen functional groups attached to an aromatic ring is 1. The van der Waals surface area contributed by atoms with Crippen LogP contribution in [0.4, 0.5) is 10.1 Å². The summed E-state index contributed by atoms with van der Waals surface area (Å²) in [7, 11) is 0. The molecule has 2 aromatic carbocycles. The molecule has 0 radical (unpaired) electrons. The molecule has 0 saturated heterocycles. The standard InChI is InChI=1S/C15H16FNO/c1-9-6-10(2)11(3)15(7-9)18-14-5-4-12(16)8-13(14)17/h4-8H,17H2,1-3H3. The van der Waals surface area contributed by atoms with Gasteiger partial charge in [0.05, 0.1) is 5.69 Å². The van der Waals surface area contributed by atoms with Crippen LogP contribution in [0.5, 0.6) is 11.5 Å². The summed E-state index contributed by atoms with van der Waals surface area (Å²) in [5, 5.41) is 0. The SMILES string of the molecule is Cc1cc(C)c(C)c(Oc2ccc(F)cc2N)c1. The van der Waals surface area contributed by atoms with Gasteiger partial charge in [-0.2, -0.15) is 0 Å². The molecule has 0 atom stereocenters. The lowest BCUT2D eigenvalue weighted by atomic mass is 10.1. The second-order valence-corrected chi connectivity index (χ2v) is 4.49. The molecule has 0 heterocycles. The molecule has 0 aromatic heterocycles. The Morgan fingerprint density at radius 2 is 1.72 bits per heavy atom. The summed E-state index contributed by atoms with van der Waals surface area (Å²) in [5.74, 6) is 0.868. The fraction of sp³-hybridized carbons (Fsp3) is 0.200. The van der Waals surface area contributed by atoms with Crippen LogP contribution in [0.2, 0.25) is 0 Å². The average Bonchev–Trinajstić information content (AvgIpc) is 2.29. The number of nitrogens with two attached hydrogens (primary N) is 1. The fourth-order valence-electron chi connectivity index (χ4n) is 1.84. The topological polar surface area (TPSA) is 35.2 Å². The van der Waals surface area contributed by atoms with Gasteiger partial charge < -0.3 is 10.5 Å². The van der Waals surface area contributed by atoms with Gasteiger partial charge in [-0.25, -0.2) is 4.39 Å².